The molecular weight excluding hydrogens is 256 g/mol. The maximum absolute atomic E-state index is 8.81. The van der Waals surface area contributed by atoms with Gasteiger partial charge in [0.25, 0.3) is 0 Å². The third-order valence-corrected chi connectivity index (χ3v) is 3.86. The fourth-order valence-corrected chi connectivity index (χ4v) is 2.34. The van der Waals surface area contributed by atoms with Gasteiger partial charge >= 0.3 is 0 Å². The fourth-order valence-electron chi connectivity index (χ4n) is 2.34. The molecule has 0 saturated heterocycles. The van der Waals surface area contributed by atoms with Crippen LogP contribution in [0, 0.1) is 5.92 Å². The highest BCUT2D eigenvalue weighted by Gasteiger charge is 1.96. The Morgan fingerprint density at radius 2 is 1.29 bits per heavy atom. The standard InChI is InChI=1S/C20H36O/c1-17(2)9-6-10-18(3)11-7-12-19(4)13-8-14-20(5)15-16-21/h11,13,15,17,21H,6-10,12,14,16H2,1-5H3. The van der Waals surface area contributed by atoms with E-state index in [1.807, 2.05) is 6.08 Å². The molecule has 0 spiro atoms. The summed E-state index contributed by atoms with van der Waals surface area (Å²) in [4.78, 5) is 0. The third-order valence-electron chi connectivity index (χ3n) is 3.86. The smallest absolute Gasteiger partial charge is 0.0614 e. The molecule has 0 unspecified atom stereocenters. The van der Waals surface area contributed by atoms with Gasteiger partial charge in [-0.25, -0.2) is 0 Å². The number of hydrogen-bond acceptors (Lipinski definition) is 1. The molecule has 0 heterocycles. The molecule has 1 nitrogen and oxygen atoms in total. The zero-order valence-electron chi connectivity index (χ0n) is 14.9. The average Bonchev–Trinajstić information content (AvgIpc) is 2.38. The largest absolute Gasteiger partial charge is 0.392 e. The zero-order chi connectivity index (χ0) is 16.1. The molecule has 0 aliphatic heterocycles. The van der Waals surface area contributed by atoms with E-state index < -0.39 is 0 Å². The molecule has 0 aliphatic carbocycles. The minimum absolute atomic E-state index is 0.162. The summed E-state index contributed by atoms with van der Waals surface area (Å²) in [6, 6.07) is 0. The topological polar surface area (TPSA) is 20.2 Å². The molecular formula is C20H36O. The van der Waals surface area contributed by atoms with Gasteiger partial charge in [-0.1, -0.05) is 55.2 Å². The second-order valence-electron chi connectivity index (χ2n) is 6.70. The minimum atomic E-state index is 0.162. The number of aliphatic hydroxyl groups excluding tert-OH is 1. The van der Waals surface area contributed by atoms with Crippen molar-refractivity contribution >= 4 is 0 Å². The van der Waals surface area contributed by atoms with E-state index in [-0.39, 0.29) is 6.61 Å². The van der Waals surface area contributed by atoms with Crippen LogP contribution in [0.15, 0.2) is 34.9 Å². The van der Waals surface area contributed by atoms with E-state index in [2.05, 4.69) is 46.8 Å². The number of aliphatic hydroxyl groups is 1. The van der Waals surface area contributed by atoms with Crippen molar-refractivity contribution in [3.8, 4) is 0 Å². The van der Waals surface area contributed by atoms with Crippen LogP contribution < -0.4 is 0 Å². The number of rotatable bonds is 11. The van der Waals surface area contributed by atoms with Gasteiger partial charge in [0.05, 0.1) is 6.61 Å². The molecule has 1 heteroatoms. The SMILES string of the molecule is CC(=CCO)CCC=C(C)CCC=C(C)CCCC(C)C. The highest BCUT2D eigenvalue weighted by Crippen LogP contribution is 2.15. The molecule has 21 heavy (non-hydrogen) atoms. The lowest BCUT2D eigenvalue weighted by Gasteiger charge is -2.05. The molecule has 0 aromatic rings. The average molecular weight is 293 g/mol. The van der Waals surface area contributed by atoms with Gasteiger partial charge in [-0.2, -0.15) is 0 Å². The summed E-state index contributed by atoms with van der Waals surface area (Å²) >= 11 is 0. The fraction of sp³-hybridized carbons (Fsp3) is 0.700. The molecule has 0 amide bonds. The Hall–Kier alpha value is -0.820. The van der Waals surface area contributed by atoms with E-state index in [0.717, 1.165) is 18.8 Å². The van der Waals surface area contributed by atoms with Crippen molar-refractivity contribution in [3.05, 3.63) is 34.9 Å². The van der Waals surface area contributed by atoms with Crippen LogP contribution in [0.3, 0.4) is 0 Å². The summed E-state index contributed by atoms with van der Waals surface area (Å²) in [5.74, 6) is 0.825. The van der Waals surface area contributed by atoms with E-state index in [4.69, 9.17) is 5.11 Å². The van der Waals surface area contributed by atoms with Crippen molar-refractivity contribution in [1.82, 2.24) is 0 Å². The highest BCUT2D eigenvalue weighted by molar-refractivity contribution is 5.06. The lowest BCUT2D eigenvalue weighted by Crippen LogP contribution is -1.88. The first-order valence-electron chi connectivity index (χ1n) is 8.53. The quantitative estimate of drug-likeness (QED) is 0.449. The first kappa shape index (κ1) is 20.2. The summed E-state index contributed by atoms with van der Waals surface area (Å²) in [5.41, 5.74) is 4.31. The summed E-state index contributed by atoms with van der Waals surface area (Å²) in [7, 11) is 0. The second-order valence-corrected chi connectivity index (χ2v) is 6.70. The maximum Gasteiger partial charge on any atom is 0.0614 e. The molecule has 0 rings (SSSR count). The highest BCUT2D eigenvalue weighted by atomic mass is 16.2. The van der Waals surface area contributed by atoms with Crippen molar-refractivity contribution in [2.24, 2.45) is 5.92 Å². The van der Waals surface area contributed by atoms with Crippen LogP contribution >= 0.6 is 0 Å². The van der Waals surface area contributed by atoms with Crippen LogP contribution in [0.4, 0.5) is 0 Å². The van der Waals surface area contributed by atoms with E-state index in [9.17, 15) is 0 Å². The monoisotopic (exact) mass is 292 g/mol. The first-order valence-corrected chi connectivity index (χ1v) is 8.53. The van der Waals surface area contributed by atoms with Crippen LogP contribution in [-0.2, 0) is 0 Å². The maximum atomic E-state index is 8.81. The van der Waals surface area contributed by atoms with Crippen LogP contribution in [-0.4, -0.2) is 11.7 Å². The van der Waals surface area contributed by atoms with Gasteiger partial charge in [0.15, 0.2) is 0 Å². The molecule has 0 aliphatic rings. The summed E-state index contributed by atoms with van der Waals surface area (Å²) in [6.45, 7) is 11.3. The first-order chi connectivity index (χ1) is 9.95. The van der Waals surface area contributed by atoms with Gasteiger partial charge in [-0.15, -0.1) is 0 Å². The van der Waals surface area contributed by atoms with Crippen molar-refractivity contribution < 1.29 is 5.11 Å². The minimum Gasteiger partial charge on any atom is -0.392 e. The van der Waals surface area contributed by atoms with Gasteiger partial charge < -0.3 is 5.11 Å². The van der Waals surface area contributed by atoms with E-state index >= 15 is 0 Å². The lowest BCUT2D eigenvalue weighted by atomic mass is 10.0. The summed E-state index contributed by atoms with van der Waals surface area (Å²) in [6.07, 6.45) is 15.1. The molecule has 0 aromatic heterocycles. The Morgan fingerprint density at radius 1 is 0.810 bits per heavy atom. The van der Waals surface area contributed by atoms with Gasteiger partial charge in [0.2, 0.25) is 0 Å². The van der Waals surface area contributed by atoms with Gasteiger partial charge in [-0.3, -0.25) is 0 Å². The molecule has 0 aromatic carbocycles. The van der Waals surface area contributed by atoms with Gasteiger partial charge in [0, 0.05) is 0 Å². The Morgan fingerprint density at radius 3 is 1.76 bits per heavy atom. The second kappa shape index (κ2) is 12.9. The molecule has 0 bridgehead atoms. The number of allylic oxidation sites excluding steroid dienone is 5. The van der Waals surface area contributed by atoms with Crippen LogP contribution in [0.25, 0.3) is 0 Å². The van der Waals surface area contributed by atoms with Crippen LogP contribution in [0.2, 0.25) is 0 Å². The zero-order valence-corrected chi connectivity index (χ0v) is 14.9. The van der Waals surface area contributed by atoms with Crippen molar-refractivity contribution in [2.45, 2.75) is 79.6 Å². The normalized spacial score (nSPS) is 14.1. The van der Waals surface area contributed by atoms with E-state index in [1.165, 1.54) is 43.3 Å². The Labute approximate surface area is 132 Å². The van der Waals surface area contributed by atoms with Crippen LogP contribution in [0.1, 0.15) is 79.6 Å². The Balaban J connectivity index is 3.85. The molecule has 0 atom stereocenters. The molecule has 122 valence electrons. The van der Waals surface area contributed by atoms with E-state index in [0.29, 0.717) is 0 Å². The molecule has 0 radical (unpaired) electrons. The van der Waals surface area contributed by atoms with Crippen molar-refractivity contribution in [3.63, 3.8) is 0 Å². The molecule has 1 N–H and O–H groups in total. The number of hydrogen-bond donors (Lipinski definition) is 1. The van der Waals surface area contributed by atoms with Gasteiger partial charge in [0.1, 0.15) is 0 Å². The predicted molar refractivity (Wildman–Crippen MR) is 95.5 cm³/mol. The van der Waals surface area contributed by atoms with Crippen molar-refractivity contribution in [1.29, 1.82) is 0 Å². The summed E-state index contributed by atoms with van der Waals surface area (Å²) < 4.78 is 0. The molecule has 0 saturated carbocycles. The Kier molecular flexibility index (Phi) is 12.4. The van der Waals surface area contributed by atoms with Crippen LogP contribution in [0.5, 0.6) is 0 Å². The van der Waals surface area contributed by atoms with E-state index in [1.54, 1.807) is 5.57 Å². The Bertz CT molecular complexity index is 345. The third kappa shape index (κ3) is 13.9. The van der Waals surface area contributed by atoms with Crippen molar-refractivity contribution in [2.75, 3.05) is 6.61 Å². The lowest BCUT2D eigenvalue weighted by molar-refractivity contribution is 0.341. The molecule has 0 fully saturated rings. The van der Waals surface area contributed by atoms with Gasteiger partial charge in [-0.05, 0) is 65.2 Å². The summed E-state index contributed by atoms with van der Waals surface area (Å²) in [5, 5.41) is 8.81. The predicted octanol–water partition coefficient (Wildman–Crippen LogP) is 6.20.